The lowest BCUT2D eigenvalue weighted by atomic mass is 9.96. The van der Waals surface area contributed by atoms with Crippen LogP contribution >= 0.6 is 0 Å². The van der Waals surface area contributed by atoms with Crippen LogP contribution in [0.4, 0.5) is 11.5 Å². The van der Waals surface area contributed by atoms with Gasteiger partial charge >= 0.3 is 0 Å². The monoisotopic (exact) mass is 545 g/mol. The van der Waals surface area contributed by atoms with Crippen LogP contribution in [0, 0.1) is 0 Å². The second kappa shape index (κ2) is 15.6. The second-order valence-corrected chi connectivity index (χ2v) is 9.43. The molecule has 1 heterocycles. The van der Waals surface area contributed by atoms with Gasteiger partial charge < -0.3 is 30.5 Å². The number of carbonyl (C=O) groups is 3. The quantitative estimate of drug-likeness (QED) is 0.105. The number of methoxy groups -OCH3 is 1. The molecule has 12 heteroatoms. The first-order valence-corrected chi connectivity index (χ1v) is 12.8. The van der Waals surface area contributed by atoms with Crippen LogP contribution in [0.25, 0.3) is 0 Å². The molecule has 12 nitrogen and oxygen atoms in total. The summed E-state index contributed by atoms with van der Waals surface area (Å²) in [5.74, 6) is -1.85. The normalized spacial score (nSPS) is 13.5. The minimum absolute atomic E-state index is 0.260. The molecule has 0 spiro atoms. The zero-order valence-electron chi connectivity index (χ0n) is 22.8. The second-order valence-electron chi connectivity index (χ2n) is 9.43. The van der Waals surface area contributed by atoms with Gasteiger partial charge in [-0.3, -0.25) is 19.6 Å². The van der Waals surface area contributed by atoms with Gasteiger partial charge in [-0.05, 0) is 56.7 Å². The summed E-state index contributed by atoms with van der Waals surface area (Å²) in [5, 5.41) is 27.5. The van der Waals surface area contributed by atoms with Crippen LogP contribution in [-0.2, 0) is 19.1 Å². The highest BCUT2D eigenvalue weighted by Crippen LogP contribution is 2.20. The van der Waals surface area contributed by atoms with Crippen molar-refractivity contribution >= 4 is 29.2 Å². The number of anilines is 2. The Morgan fingerprint density at radius 2 is 1.72 bits per heavy atom. The number of nitrogens with zero attached hydrogens (tertiary/aromatic N) is 1. The molecule has 3 atom stereocenters. The number of aliphatic hydroxyl groups is 1. The van der Waals surface area contributed by atoms with Gasteiger partial charge in [-0.25, -0.2) is 10.5 Å². The van der Waals surface area contributed by atoms with Gasteiger partial charge in [-0.1, -0.05) is 32.3 Å². The van der Waals surface area contributed by atoms with Crippen molar-refractivity contribution in [2.75, 3.05) is 24.4 Å². The highest BCUT2D eigenvalue weighted by molar-refractivity contribution is 6.00. The molecule has 2 rings (SSSR count). The van der Waals surface area contributed by atoms with E-state index in [1.165, 1.54) is 18.8 Å². The molecule has 1 aromatic heterocycles. The fraction of sp³-hybridized carbons (Fsp3) is 0.481. The summed E-state index contributed by atoms with van der Waals surface area (Å²) < 4.78 is 11.2. The van der Waals surface area contributed by atoms with Crippen LogP contribution in [0.2, 0.25) is 0 Å². The topological polar surface area (TPSA) is 171 Å². The van der Waals surface area contributed by atoms with E-state index in [-0.39, 0.29) is 5.82 Å². The van der Waals surface area contributed by atoms with Crippen LogP contribution < -0.4 is 26.2 Å². The van der Waals surface area contributed by atoms with Gasteiger partial charge in [0.15, 0.2) is 6.10 Å². The van der Waals surface area contributed by atoms with Crippen molar-refractivity contribution in [1.82, 2.24) is 15.8 Å². The number of ether oxygens (including phenoxy) is 2. The Morgan fingerprint density at radius 1 is 1.00 bits per heavy atom. The molecule has 6 N–H and O–H groups in total. The maximum atomic E-state index is 13.4. The number of hydrogen-bond acceptors (Lipinski definition) is 9. The van der Waals surface area contributed by atoms with E-state index in [1.807, 2.05) is 0 Å². The Labute approximate surface area is 228 Å². The number of rotatable bonds is 16. The molecule has 0 bridgehead atoms. The smallest absolute Gasteiger partial charge is 0.274 e. The van der Waals surface area contributed by atoms with E-state index in [0.717, 1.165) is 25.7 Å². The van der Waals surface area contributed by atoms with Gasteiger partial charge in [-0.2, -0.15) is 0 Å². The zero-order valence-corrected chi connectivity index (χ0v) is 22.8. The van der Waals surface area contributed by atoms with E-state index in [2.05, 4.69) is 27.9 Å². The van der Waals surface area contributed by atoms with E-state index in [1.54, 1.807) is 56.3 Å². The summed E-state index contributed by atoms with van der Waals surface area (Å²) in [5.41, 5.74) is 0.534. The van der Waals surface area contributed by atoms with Crippen molar-refractivity contribution in [3.8, 4) is 5.75 Å². The Hall–Kier alpha value is -3.74. The van der Waals surface area contributed by atoms with Gasteiger partial charge in [0, 0.05) is 19.0 Å². The van der Waals surface area contributed by atoms with Crippen LogP contribution in [0.3, 0.4) is 0 Å². The summed E-state index contributed by atoms with van der Waals surface area (Å²) in [6.07, 6.45) is 3.79. The average Bonchev–Trinajstić information content (AvgIpc) is 2.94. The number of carbonyl (C=O) groups excluding carboxylic acids is 3. The number of aliphatic hydroxyl groups excluding tert-OH is 1. The predicted molar refractivity (Wildman–Crippen MR) is 145 cm³/mol. The molecule has 0 radical (unpaired) electrons. The molecule has 1 aromatic carbocycles. The summed E-state index contributed by atoms with van der Waals surface area (Å²) in [6, 6.07) is 8.72. The van der Waals surface area contributed by atoms with Crippen molar-refractivity contribution in [3.63, 3.8) is 0 Å². The molecule has 0 aliphatic carbocycles. The fourth-order valence-electron chi connectivity index (χ4n) is 3.59. The molecule has 0 saturated carbocycles. The average molecular weight is 546 g/mol. The van der Waals surface area contributed by atoms with Crippen molar-refractivity contribution in [1.29, 1.82) is 0 Å². The van der Waals surface area contributed by atoms with E-state index >= 15 is 0 Å². The molecule has 0 aliphatic heterocycles. The number of hydroxylamine groups is 1. The molecule has 0 fully saturated rings. The van der Waals surface area contributed by atoms with Gasteiger partial charge in [0.25, 0.3) is 11.8 Å². The number of amides is 3. The van der Waals surface area contributed by atoms with Crippen LogP contribution in [-0.4, -0.2) is 70.5 Å². The molecule has 0 aliphatic rings. The lowest BCUT2D eigenvalue weighted by Gasteiger charge is -2.34. The van der Waals surface area contributed by atoms with Crippen LogP contribution in [0.1, 0.15) is 46.5 Å². The third-order valence-electron chi connectivity index (χ3n) is 6.11. The molecular weight excluding hydrogens is 506 g/mol. The van der Waals surface area contributed by atoms with Gasteiger partial charge in [0.2, 0.25) is 5.91 Å². The van der Waals surface area contributed by atoms with Crippen LogP contribution in [0.15, 0.2) is 48.7 Å². The Bertz CT molecular complexity index is 1050. The van der Waals surface area contributed by atoms with Crippen molar-refractivity contribution in [2.24, 2.45) is 0 Å². The van der Waals surface area contributed by atoms with Gasteiger partial charge in [0.1, 0.15) is 23.7 Å². The number of aromatic nitrogens is 1. The number of benzene rings is 1. The third-order valence-corrected chi connectivity index (χ3v) is 6.11. The maximum Gasteiger partial charge on any atom is 0.274 e. The largest absolute Gasteiger partial charge is 0.494 e. The molecular formula is C27H39N5O7. The summed E-state index contributed by atoms with van der Waals surface area (Å²) in [7, 11) is 1.38. The van der Waals surface area contributed by atoms with Crippen molar-refractivity contribution < 1.29 is 34.2 Å². The third kappa shape index (κ3) is 9.82. The Balaban J connectivity index is 2.20. The fourth-order valence-corrected chi connectivity index (χ4v) is 3.59. The molecule has 0 saturated heterocycles. The van der Waals surface area contributed by atoms with Crippen molar-refractivity contribution in [2.45, 2.75) is 70.2 Å². The van der Waals surface area contributed by atoms with Crippen molar-refractivity contribution in [3.05, 3.63) is 48.7 Å². The Kier molecular flexibility index (Phi) is 12.6. The minimum Gasteiger partial charge on any atom is -0.494 e. The van der Waals surface area contributed by atoms with E-state index in [9.17, 15) is 19.5 Å². The molecule has 214 valence electrons. The first kappa shape index (κ1) is 31.5. The summed E-state index contributed by atoms with van der Waals surface area (Å²) in [6.45, 7) is 5.90. The molecule has 3 unspecified atom stereocenters. The highest BCUT2D eigenvalue weighted by atomic mass is 16.5. The first-order chi connectivity index (χ1) is 18.6. The highest BCUT2D eigenvalue weighted by Gasteiger charge is 2.40. The lowest BCUT2D eigenvalue weighted by Crippen LogP contribution is -2.61. The summed E-state index contributed by atoms with van der Waals surface area (Å²) >= 11 is 0. The van der Waals surface area contributed by atoms with E-state index in [0.29, 0.717) is 18.0 Å². The minimum atomic E-state index is -2.00. The van der Waals surface area contributed by atoms with Gasteiger partial charge in [-0.15, -0.1) is 0 Å². The zero-order chi connectivity index (χ0) is 28.8. The van der Waals surface area contributed by atoms with Gasteiger partial charge in [0.05, 0.1) is 12.2 Å². The summed E-state index contributed by atoms with van der Waals surface area (Å²) in [4.78, 5) is 42.6. The number of hydrogen-bond donors (Lipinski definition) is 6. The Morgan fingerprint density at radius 3 is 2.31 bits per heavy atom. The molecule has 2 aromatic rings. The number of unbranched alkanes of at least 4 members (excludes halogenated alkanes) is 3. The number of nitrogens with one attached hydrogen (secondary N) is 4. The maximum absolute atomic E-state index is 13.4. The number of pyridine rings is 1. The first-order valence-electron chi connectivity index (χ1n) is 12.8. The molecule has 39 heavy (non-hydrogen) atoms. The standard InChI is InChI=1S/C27H39N5O7/c1-5-6-7-10-17-39-19-14-12-18(13-15-19)29-21(22(33)25(35)32-37)24(34)31-23(27(2,3)38-4)26(36)30-20-11-8-9-16-28-20/h8-9,11-16,21-23,29,33,37H,5-7,10,17H2,1-4H3,(H,31,34)(H,32,35)(H,28,30,36). The van der Waals surface area contributed by atoms with Crippen LogP contribution in [0.5, 0.6) is 5.75 Å². The molecule has 3 amide bonds. The predicted octanol–water partition coefficient (Wildman–Crippen LogP) is 2.24. The SMILES string of the molecule is CCCCCCOc1ccc(NC(C(=O)NC(C(=O)Nc2ccccn2)C(C)(C)OC)C(O)C(=O)NO)cc1. The van der Waals surface area contributed by atoms with E-state index < -0.39 is 41.5 Å². The van der Waals surface area contributed by atoms with E-state index in [4.69, 9.17) is 14.7 Å². The lowest BCUT2D eigenvalue weighted by molar-refractivity contribution is -0.143.